The van der Waals surface area contributed by atoms with Gasteiger partial charge in [0, 0.05) is 127 Å². The number of ether oxygens (including phenoxy) is 2. The van der Waals surface area contributed by atoms with Crippen molar-refractivity contribution in [3.63, 3.8) is 0 Å². The zero-order chi connectivity index (χ0) is 74.8. The number of carbonyl (C=O) groups is 4. The van der Waals surface area contributed by atoms with Crippen molar-refractivity contribution in [2.24, 2.45) is 0 Å². The molecule has 1 N–H and O–H groups in total. The van der Waals surface area contributed by atoms with Crippen molar-refractivity contribution in [3.05, 3.63) is 262 Å². The van der Waals surface area contributed by atoms with Gasteiger partial charge in [-0.1, -0.05) is 103 Å². The smallest absolute Gasteiger partial charge is 1.00 e. The number of methoxy groups -OCH3 is 2. The fourth-order valence-corrected chi connectivity index (χ4v) is 14.7. The number of hydrogen-bond acceptors (Lipinski definition) is 9. The van der Waals surface area contributed by atoms with Gasteiger partial charge in [0.05, 0.1) is 30.9 Å². The van der Waals surface area contributed by atoms with Crippen LogP contribution in [0.1, 0.15) is 219 Å². The van der Waals surface area contributed by atoms with E-state index in [0.29, 0.717) is 35.7 Å². The van der Waals surface area contributed by atoms with E-state index >= 15 is 0 Å². The van der Waals surface area contributed by atoms with Crippen LogP contribution in [0.15, 0.2) is 181 Å². The van der Waals surface area contributed by atoms with E-state index in [-0.39, 0.29) is 98.6 Å². The number of aromatic carboxylic acids is 1. The number of anilines is 4. The molecule has 0 aromatic heterocycles. The number of carboxylic acid groups (broad SMARTS) is 1. The van der Waals surface area contributed by atoms with Crippen LogP contribution in [-0.2, 0) is 35.9 Å². The summed E-state index contributed by atoms with van der Waals surface area (Å²) in [5.41, 5.74) is 19.8. The minimum atomic E-state index is -0.926. The molecule has 0 radical (unpaired) electrons. The average molecular weight is 1700 g/mol. The number of carboxylic acids is 1. The minimum absolute atomic E-state index is 0. The zero-order valence-corrected chi connectivity index (χ0v) is 72.0. The predicted octanol–water partition coefficient (Wildman–Crippen LogP) is 17.4. The molecule has 4 heterocycles. The Morgan fingerprint density at radius 1 is 0.442 bits per heavy atom. The topological polar surface area (TPSA) is 120 Å². The largest absolute Gasteiger partial charge is 2.00 e. The molecule has 4 aliphatic rings. The number of rotatable bonds is 7. The van der Waals surface area contributed by atoms with Crippen LogP contribution in [0, 0.1) is 50.6 Å². The number of fused-ring (bicyclic) bond motifs is 4. The van der Waals surface area contributed by atoms with Gasteiger partial charge in [-0.25, -0.2) is 14.4 Å². The number of nitrogens with zero attached hydrogens (tertiary/aromatic N) is 4. The van der Waals surface area contributed by atoms with E-state index < -0.39 is 5.97 Å². The van der Waals surface area contributed by atoms with Crippen molar-refractivity contribution in [3.8, 4) is 36.0 Å². The summed E-state index contributed by atoms with van der Waals surface area (Å²) >= 11 is 4.72. The zero-order valence-electron chi connectivity index (χ0n) is 64.7. The maximum absolute atomic E-state index is 12.2. The van der Waals surface area contributed by atoms with Gasteiger partial charge >= 0.3 is 41.0 Å². The van der Waals surface area contributed by atoms with Gasteiger partial charge in [0.2, 0.25) is 5.91 Å². The Balaban J connectivity index is 0.000000282. The fraction of sp³-hybridized carbons (Fsp3) is 0.337. The van der Waals surface area contributed by atoms with Crippen LogP contribution < -0.4 is 36.6 Å². The summed E-state index contributed by atoms with van der Waals surface area (Å²) in [5, 5.41) is 8.98. The van der Waals surface area contributed by atoms with Crippen molar-refractivity contribution < 1.29 is 50.7 Å². The molecule has 0 atom stereocenters. The molecular formula is C89H101BrI2MgN4O7. The number of esters is 2. The van der Waals surface area contributed by atoms with Crippen LogP contribution in [0.3, 0.4) is 0 Å². The fourth-order valence-electron chi connectivity index (χ4n) is 13.7. The minimum Gasteiger partial charge on any atom is -1.00 e. The quantitative estimate of drug-likeness (QED) is 0.0543. The van der Waals surface area contributed by atoms with Crippen molar-refractivity contribution in [2.75, 3.05) is 33.8 Å². The Morgan fingerprint density at radius 3 is 1.04 bits per heavy atom. The number of halogens is 3. The van der Waals surface area contributed by atoms with Crippen molar-refractivity contribution in [1.82, 2.24) is 0 Å². The van der Waals surface area contributed by atoms with Gasteiger partial charge in [0.15, 0.2) is 0 Å². The molecule has 7 aromatic carbocycles. The Labute approximate surface area is 675 Å². The van der Waals surface area contributed by atoms with Gasteiger partial charge in [-0.2, -0.15) is 0 Å². The van der Waals surface area contributed by atoms with Gasteiger partial charge in [-0.15, -0.1) is 6.42 Å². The first-order chi connectivity index (χ1) is 47.3. The summed E-state index contributed by atoms with van der Waals surface area (Å²) in [6.07, 6.45) is 12.8. The molecule has 0 saturated heterocycles. The van der Waals surface area contributed by atoms with Gasteiger partial charge in [-0.05, 0) is 289 Å². The summed E-state index contributed by atoms with van der Waals surface area (Å²) in [6, 6.07) is 48.0. The van der Waals surface area contributed by atoms with Crippen LogP contribution >= 0.6 is 45.2 Å². The number of benzene rings is 7. The first-order valence-corrected chi connectivity index (χ1v) is 36.4. The molecule has 0 aliphatic carbocycles. The second-order valence-corrected chi connectivity index (χ2v) is 31.8. The van der Waals surface area contributed by atoms with E-state index in [1.807, 2.05) is 17.0 Å². The maximum Gasteiger partial charge on any atom is 2.00 e. The third-order valence-electron chi connectivity index (χ3n) is 18.1. The molecule has 0 saturated carbocycles. The van der Waals surface area contributed by atoms with E-state index in [1.165, 1.54) is 77.8 Å². The van der Waals surface area contributed by atoms with E-state index in [0.717, 1.165) is 33.5 Å². The van der Waals surface area contributed by atoms with Crippen LogP contribution in [-0.4, -0.2) is 90.4 Å². The number of allylic oxidation sites excluding steroid dienone is 6. The first kappa shape index (κ1) is 88.8. The van der Waals surface area contributed by atoms with Gasteiger partial charge in [0.25, 0.3) is 0 Å². The standard InChI is InChI=1S/C25H27NO2.C24H25NO2.C15H20IN.C14H18INO.C10H8O2.CH3.BrH.Mg/c1-17(2)26-18(3)16-25(4,5)22-15-20(11-14-23(22)26)8-7-19-9-12-21(13-10-19)24(27)28-6;1-16(2)25-17(3)15-24(4,5)21-14-19(10-13-22(21)25)7-6-18-8-11-20(12-9-18)23(26)27;1-10(2)17-11(3)9-15(4,5)13-8-12(16)6-7-14(13)17;1-9(2)16-12-6-5-10(15)7-11(12)14(3,4)8-13(16)17;1-3-8-4-6-9(7-5-8)10(11)12-2;;;/h9-17H,1-6H3;8-16H,1-5H3,(H,26,27);6-10H,1-5H3;5-7,9H,8H2,1-4H3;1,4-7H,2H3;1H3;1H;/q;;;;;-1;;+2/p-1. The molecule has 15 heteroatoms. The molecule has 0 fully saturated rings. The third kappa shape index (κ3) is 21.8. The second kappa shape index (κ2) is 37.6. The summed E-state index contributed by atoms with van der Waals surface area (Å²) < 4.78 is 11.8. The predicted molar refractivity (Wildman–Crippen MR) is 446 cm³/mol. The number of carbonyl (C=O) groups excluding carboxylic acids is 3. The third-order valence-corrected chi connectivity index (χ3v) is 19.5. The molecular weight excluding hydrogens is 1600 g/mol. The van der Waals surface area contributed by atoms with Crippen LogP contribution in [0.2, 0.25) is 0 Å². The van der Waals surface area contributed by atoms with Gasteiger partial charge in [-0.3, -0.25) is 4.79 Å². The van der Waals surface area contributed by atoms with Crippen LogP contribution in [0.4, 0.5) is 22.7 Å². The molecule has 11 nitrogen and oxygen atoms in total. The van der Waals surface area contributed by atoms with E-state index in [4.69, 9.17) is 16.3 Å². The average Bonchev–Trinajstić information content (AvgIpc) is 0.781. The molecule has 542 valence electrons. The molecule has 11 rings (SSSR count). The van der Waals surface area contributed by atoms with Crippen molar-refractivity contribution >= 4 is 115 Å². The Morgan fingerprint density at radius 2 is 0.721 bits per heavy atom. The van der Waals surface area contributed by atoms with E-state index in [2.05, 4.69) is 317 Å². The molecule has 7 aromatic rings. The van der Waals surface area contributed by atoms with E-state index in [9.17, 15) is 19.2 Å². The maximum atomic E-state index is 12.2. The number of amides is 1. The van der Waals surface area contributed by atoms with Gasteiger partial charge in [0.1, 0.15) is 0 Å². The first-order valence-electron chi connectivity index (χ1n) is 34.2. The Bertz CT molecular complexity index is 4510. The molecule has 4 aliphatic heterocycles. The molecule has 104 heavy (non-hydrogen) atoms. The monoisotopic (exact) mass is 1690 g/mol. The summed E-state index contributed by atoms with van der Waals surface area (Å²) in [7, 11) is 2.72. The number of terminal acetylenes is 1. The van der Waals surface area contributed by atoms with Crippen molar-refractivity contribution in [1.29, 1.82) is 0 Å². The Hall–Kier alpha value is -7.57. The van der Waals surface area contributed by atoms with Crippen molar-refractivity contribution in [2.45, 2.75) is 184 Å². The summed E-state index contributed by atoms with van der Waals surface area (Å²) in [5.74, 6) is 13.9. The van der Waals surface area contributed by atoms with E-state index in [1.54, 1.807) is 60.7 Å². The number of hydrogen-bond donors (Lipinski definition) is 1. The van der Waals surface area contributed by atoms with Gasteiger partial charge < -0.3 is 58.6 Å². The SMILES string of the molecule is C#Cc1ccc(C(=O)OC)cc1.CC(C)N1C(=O)CC(C)(C)c2cc(I)ccc21.CC1=CC(C)(C)c2cc(C#Cc3ccc(C(=O)O)cc3)ccc2N1C(C)C.CC1=CC(C)(C)c2cc(I)ccc2N1C(C)C.COC(=O)c1ccc(C#Cc2ccc3c(c2)C(C)(C)C=C(C)N3C(C)C)cc1.[Br-].[CH3-].[Mg+2]. The normalized spacial score (nSPS) is 14.8. The summed E-state index contributed by atoms with van der Waals surface area (Å²) in [4.78, 5) is 54.7. The second-order valence-electron chi connectivity index (χ2n) is 29.3. The van der Waals surface area contributed by atoms with Crippen LogP contribution in [0.25, 0.3) is 0 Å². The summed E-state index contributed by atoms with van der Waals surface area (Å²) in [6.45, 7) is 41.9. The molecule has 0 spiro atoms. The van der Waals surface area contributed by atoms with Crippen LogP contribution in [0.5, 0.6) is 0 Å². The molecule has 0 bridgehead atoms. The molecule has 0 unspecified atom stereocenters. The Kier molecular flexibility index (Phi) is 32.1. The molecule has 1 amide bonds.